The minimum absolute atomic E-state index is 0.311. The molecular formula is C12H22N2O5S. The Morgan fingerprint density at radius 1 is 1.40 bits per heavy atom. The Morgan fingerprint density at radius 3 is 2.90 bits per heavy atom. The minimum Gasteiger partial charge on any atom is -0.480 e. The average Bonchev–Trinajstić information content (AvgIpc) is 2.46. The Kier molecular flexibility index (Phi) is 8.40. The van der Waals surface area contributed by atoms with E-state index in [1.54, 1.807) is 18.9 Å². The largest absolute Gasteiger partial charge is 0.480 e. The summed E-state index contributed by atoms with van der Waals surface area (Å²) < 4.78 is 10.1. The van der Waals surface area contributed by atoms with Crippen molar-refractivity contribution >= 4 is 23.8 Å². The van der Waals surface area contributed by atoms with Gasteiger partial charge in [-0.05, 0) is 6.42 Å². The monoisotopic (exact) mass is 306 g/mol. The maximum atomic E-state index is 11.9. The number of urea groups is 1. The lowest BCUT2D eigenvalue weighted by Crippen LogP contribution is -2.53. The van der Waals surface area contributed by atoms with Crippen LogP contribution in [0.3, 0.4) is 0 Å². The molecule has 0 aromatic heterocycles. The molecule has 20 heavy (non-hydrogen) atoms. The fourth-order valence-corrected chi connectivity index (χ4v) is 2.81. The van der Waals surface area contributed by atoms with Crippen LogP contribution in [0, 0.1) is 0 Å². The van der Waals surface area contributed by atoms with E-state index in [9.17, 15) is 9.59 Å². The number of carbonyl (C=O) groups is 2. The van der Waals surface area contributed by atoms with Crippen LogP contribution in [0.1, 0.15) is 6.42 Å². The lowest BCUT2D eigenvalue weighted by atomic mass is 10.3. The van der Waals surface area contributed by atoms with Crippen molar-refractivity contribution in [3.63, 3.8) is 0 Å². The molecule has 0 aromatic rings. The molecule has 1 unspecified atom stereocenters. The fourth-order valence-electron chi connectivity index (χ4n) is 1.77. The molecule has 0 aromatic carbocycles. The summed E-state index contributed by atoms with van der Waals surface area (Å²) in [7, 11) is 1.61. The minimum atomic E-state index is -0.949. The molecule has 0 saturated carbocycles. The predicted octanol–water partition coefficient (Wildman–Crippen LogP) is 0.251. The van der Waals surface area contributed by atoms with Crippen LogP contribution >= 0.6 is 11.8 Å². The Labute approximate surface area is 123 Å². The maximum absolute atomic E-state index is 11.9. The van der Waals surface area contributed by atoms with Crippen molar-refractivity contribution in [2.45, 2.75) is 12.5 Å². The van der Waals surface area contributed by atoms with Gasteiger partial charge in [-0.25, -0.2) is 9.59 Å². The second kappa shape index (κ2) is 9.84. The highest BCUT2D eigenvalue weighted by Gasteiger charge is 2.32. The highest BCUT2D eigenvalue weighted by atomic mass is 32.2. The van der Waals surface area contributed by atoms with Gasteiger partial charge in [0, 0.05) is 38.3 Å². The SMILES string of the molecule is COCCOCCCNC(=O)N1CCSCC1C(=O)O. The van der Waals surface area contributed by atoms with E-state index < -0.39 is 12.0 Å². The lowest BCUT2D eigenvalue weighted by Gasteiger charge is -2.32. The van der Waals surface area contributed by atoms with Crippen LogP contribution in [0.15, 0.2) is 0 Å². The van der Waals surface area contributed by atoms with E-state index in [0.29, 0.717) is 45.1 Å². The number of nitrogens with one attached hydrogen (secondary N) is 1. The van der Waals surface area contributed by atoms with Crippen molar-refractivity contribution < 1.29 is 24.2 Å². The number of carbonyl (C=O) groups excluding carboxylic acids is 1. The van der Waals surface area contributed by atoms with Crippen molar-refractivity contribution in [2.75, 3.05) is 51.5 Å². The van der Waals surface area contributed by atoms with E-state index in [1.807, 2.05) is 0 Å². The van der Waals surface area contributed by atoms with Crippen molar-refractivity contribution in [1.29, 1.82) is 0 Å². The Bertz CT molecular complexity index is 316. The van der Waals surface area contributed by atoms with Gasteiger partial charge in [0.15, 0.2) is 0 Å². The topological polar surface area (TPSA) is 88.1 Å². The van der Waals surface area contributed by atoms with Crippen LogP contribution in [0.2, 0.25) is 0 Å². The Balaban J connectivity index is 2.19. The summed E-state index contributed by atoms with van der Waals surface area (Å²) in [5.74, 6) is 0.274. The van der Waals surface area contributed by atoms with Crippen LogP contribution < -0.4 is 5.32 Å². The summed E-state index contributed by atoms with van der Waals surface area (Å²) in [6.07, 6.45) is 0.690. The molecule has 0 spiro atoms. The van der Waals surface area contributed by atoms with Gasteiger partial charge in [-0.15, -0.1) is 0 Å². The number of carboxylic acids is 1. The van der Waals surface area contributed by atoms with Crippen LogP contribution in [0.25, 0.3) is 0 Å². The first-order chi connectivity index (χ1) is 9.66. The second-order valence-electron chi connectivity index (χ2n) is 4.31. The highest BCUT2D eigenvalue weighted by molar-refractivity contribution is 7.99. The van der Waals surface area contributed by atoms with Gasteiger partial charge in [-0.2, -0.15) is 11.8 Å². The van der Waals surface area contributed by atoms with Gasteiger partial charge in [0.1, 0.15) is 6.04 Å². The summed E-state index contributed by atoms with van der Waals surface area (Å²) in [5, 5.41) is 11.8. The number of carboxylic acid groups (broad SMARTS) is 1. The molecule has 116 valence electrons. The third-order valence-electron chi connectivity index (χ3n) is 2.85. The zero-order valence-corrected chi connectivity index (χ0v) is 12.5. The summed E-state index contributed by atoms with van der Waals surface area (Å²) in [6, 6.07) is -1.04. The summed E-state index contributed by atoms with van der Waals surface area (Å²) in [5.41, 5.74) is 0. The van der Waals surface area contributed by atoms with Gasteiger partial charge in [0.2, 0.25) is 0 Å². The molecule has 1 heterocycles. The van der Waals surface area contributed by atoms with Gasteiger partial charge in [-0.3, -0.25) is 0 Å². The highest BCUT2D eigenvalue weighted by Crippen LogP contribution is 2.16. The van der Waals surface area contributed by atoms with Crippen LogP contribution in [0.4, 0.5) is 4.79 Å². The standard InChI is InChI=1S/C12H22N2O5S/c1-18-6-7-19-5-2-3-13-12(17)14-4-8-20-9-10(14)11(15)16/h10H,2-9H2,1H3,(H,13,17)(H,15,16). The lowest BCUT2D eigenvalue weighted by molar-refractivity contribution is -0.141. The first kappa shape index (κ1) is 17.1. The number of methoxy groups -OCH3 is 1. The number of rotatable bonds is 8. The molecule has 1 fully saturated rings. The van der Waals surface area contributed by atoms with E-state index in [0.717, 1.165) is 5.75 Å². The molecule has 1 atom stereocenters. The van der Waals surface area contributed by atoms with E-state index >= 15 is 0 Å². The fraction of sp³-hybridized carbons (Fsp3) is 0.833. The van der Waals surface area contributed by atoms with Crippen molar-refractivity contribution in [1.82, 2.24) is 10.2 Å². The number of ether oxygens (including phenoxy) is 2. The number of amides is 2. The molecule has 2 N–H and O–H groups in total. The Hall–Kier alpha value is -0.990. The normalized spacial score (nSPS) is 18.9. The van der Waals surface area contributed by atoms with Crippen molar-refractivity contribution in [3.8, 4) is 0 Å². The zero-order valence-electron chi connectivity index (χ0n) is 11.7. The van der Waals surface area contributed by atoms with E-state index in [1.165, 1.54) is 4.90 Å². The quantitative estimate of drug-likeness (QED) is 0.625. The summed E-state index contributed by atoms with van der Waals surface area (Å²) in [4.78, 5) is 24.4. The van der Waals surface area contributed by atoms with Gasteiger partial charge in [0.05, 0.1) is 13.2 Å². The van der Waals surface area contributed by atoms with Gasteiger partial charge >= 0.3 is 12.0 Å². The smallest absolute Gasteiger partial charge is 0.327 e. The molecule has 0 bridgehead atoms. The molecule has 1 aliphatic rings. The van der Waals surface area contributed by atoms with Gasteiger partial charge in [-0.1, -0.05) is 0 Å². The predicted molar refractivity (Wildman–Crippen MR) is 76.2 cm³/mol. The molecule has 1 saturated heterocycles. The van der Waals surface area contributed by atoms with Gasteiger partial charge < -0.3 is 24.8 Å². The molecule has 7 nitrogen and oxygen atoms in total. The van der Waals surface area contributed by atoms with Gasteiger partial charge in [0.25, 0.3) is 0 Å². The van der Waals surface area contributed by atoms with E-state index in [-0.39, 0.29) is 6.03 Å². The number of nitrogens with zero attached hydrogens (tertiary/aromatic N) is 1. The van der Waals surface area contributed by atoms with E-state index in [2.05, 4.69) is 5.32 Å². The number of thioether (sulfide) groups is 1. The van der Waals surface area contributed by atoms with Crippen LogP contribution in [-0.2, 0) is 14.3 Å². The van der Waals surface area contributed by atoms with Crippen molar-refractivity contribution in [3.05, 3.63) is 0 Å². The molecule has 2 amide bonds. The molecular weight excluding hydrogens is 284 g/mol. The van der Waals surface area contributed by atoms with Crippen LogP contribution in [-0.4, -0.2) is 79.6 Å². The number of hydrogen-bond donors (Lipinski definition) is 2. The third-order valence-corrected chi connectivity index (χ3v) is 3.87. The number of aliphatic carboxylic acids is 1. The van der Waals surface area contributed by atoms with E-state index in [4.69, 9.17) is 14.6 Å². The van der Waals surface area contributed by atoms with Crippen molar-refractivity contribution in [2.24, 2.45) is 0 Å². The molecule has 1 aliphatic heterocycles. The third kappa shape index (κ3) is 5.98. The Morgan fingerprint density at radius 2 is 2.20 bits per heavy atom. The second-order valence-corrected chi connectivity index (χ2v) is 5.46. The molecule has 0 radical (unpaired) electrons. The maximum Gasteiger partial charge on any atom is 0.327 e. The average molecular weight is 306 g/mol. The zero-order chi connectivity index (χ0) is 14.8. The number of hydrogen-bond acceptors (Lipinski definition) is 5. The summed E-state index contributed by atoms with van der Waals surface area (Å²) in [6.45, 7) is 2.58. The first-order valence-electron chi connectivity index (χ1n) is 6.58. The first-order valence-corrected chi connectivity index (χ1v) is 7.74. The molecule has 1 rings (SSSR count). The molecule has 0 aliphatic carbocycles. The molecule has 8 heteroatoms. The summed E-state index contributed by atoms with van der Waals surface area (Å²) >= 11 is 1.56. The van der Waals surface area contributed by atoms with Crippen LogP contribution in [0.5, 0.6) is 0 Å².